The Morgan fingerprint density at radius 3 is 2.52 bits per heavy atom. The average Bonchev–Trinajstić information content (AvgIpc) is 3.03. The zero-order valence-electron chi connectivity index (χ0n) is 13.5. The second kappa shape index (κ2) is 7.97. The predicted octanol–water partition coefficient (Wildman–Crippen LogP) is 1.62. The van der Waals surface area contributed by atoms with Crippen LogP contribution in [0.4, 0.5) is 0 Å². The van der Waals surface area contributed by atoms with Crippen molar-refractivity contribution in [1.29, 1.82) is 0 Å². The van der Waals surface area contributed by atoms with Gasteiger partial charge in [0.2, 0.25) is 5.91 Å². The number of hydrogen-bond acceptors (Lipinski definition) is 4. The first-order valence-corrected chi connectivity index (χ1v) is 7.78. The number of benzene rings is 1. The van der Waals surface area contributed by atoms with Crippen LogP contribution in [-0.2, 0) is 20.7 Å². The minimum atomic E-state index is -1.01. The fraction of sp³-hybridized carbons (Fsp3) is 0.529. The summed E-state index contributed by atoms with van der Waals surface area (Å²) in [6, 6.07) is 7.85. The molecule has 2 rings (SSSR count). The van der Waals surface area contributed by atoms with Crippen LogP contribution in [0, 0.1) is 5.92 Å². The molecule has 1 aliphatic heterocycles. The third-order valence-corrected chi connectivity index (χ3v) is 3.96. The highest BCUT2D eigenvalue weighted by atomic mass is 16.5. The van der Waals surface area contributed by atoms with E-state index in [1.807, 2.05) is 24.3 Å². The molecule has 1 unspecified atom stereocenters. The van der Waals surface area contributed by atoms with Crippen molar-refractivity contribution in [3.05, 3.63) is 29.8 Å². The number of carbonyl (C=O) groups is 2. The van der Waals surface area contributed by atoms with Gasteiger partial charge in [-0.25, -0.2) is 4.79 Å². The number of carboxylic acids is 1. The van der Waals surface area contributed by atoms with Crippen molar-refractivity contribution < 1.29 is 24.2 Å². The van der Waals surface area contributed by atoms with E-state index in [0.29, 0.717) is 19.4 Å². The molecule has 3 atom stereocenters. The van der Waals surface area contributed by atoms with Crippen molar-refractivity contribution in [2.24, 2.45) is 5.92 Å². The molecule has 1 aromatic carbocycles. The molecule has 1 saturated heterocycles. The maximum absolute atomic E-state index is 12.0. The third-order valence-electron chi connectivity index (χ3n) is 3.96. The minimum Gasteiger partial charge on any atom is -0.497 e. The Morgan fingerprint density at radius 2 is 1.96 bits per heavy atom. The van der Waals surface area contributed by atoms with E-state index >= 15 is 0 Å². The van der Waals surface area contributed by atoms with Gasteiger partial charge in [-0.1, -0.05) is 19.1 Å². The van der Waals surface area contributed by atoms with Crippen LogP contribution in [0.2, 0.25) is 0 Å². The Bertz CT molecular complexity index is 542. The van der Waals surface area contributed by atoms with Gasteiger partial charge in [-0.15, -0.1) is 0 Å². The van der Waals surface area contributed by atoms with Crippen molar-refractivity contribution in [3.63, 3.8) is 0 Å². The molecule has 1 fully saturated rings. The summed E-state index contributed by atoms with van der Waals surface area (Å²) in [5.74, 6) is -0.145. The Hall–Kier alpha value is -2.08. The highest BCUT2D eigenvalue weighted by Gasteiger charge is 2.34. The summed E-state index contributed by atoms with van der Waals surface area (Å²) in [4.78, 5) is 22.8. The summed E-state index contributed by atoms with van der Waals surface area (Å²) in [7, 11) is 1.63. The molecule has 6 heteroatoms. The van der Waals surface area contributed by atoms with Crippen LogP contribution in [0.25, 0.3) is 0 Å². The van der Waals surface area contributed by atoms with Crippen LogP contribution in [-0.4, -0.2) is 42.8 Å². The standard InChI is InChI=1S/C17H23NO5/c1-11(9-12-3-5-13(22-2)6-4-12)10-18-16(19)14-7-8-15(23-14)17(20)21/h3-6,11,14-15H,7-10H2,1-2H3,(H,18,19)(H,20,21)/t11?,14-,15+/m0/s1. The topological polar surface area (TPSA) is 84.9 Å². The summed E-state index contributed by atoms with van der Waals surface area (Å²) < 4.78 is 10.4. The summed E-state index contributed by atoms with van der Waals surface area (Å²) >= 11 is 0. The van der Waals surface area contributed by atoms with E-state index in [4.69, 9.17) is 14.6 Å². The lowest BCUT2D eigenvalue weighted by Gasteiger charge is -2.16. The van der Waals surface area contributed by atoms with Gasteiger partial charge in [0.1, 0.15) is 11.9 Å². The maximum Gasteiger partial charge on any atom is 0.332 e. The van der Waals surface area contributed by atoms with Crippen LogP contribution in [0.1, 0.15) is 25.3 Å². The first kappa shape index (κ1) is 17.3. The predicted molar refractivity (Wildman–Crippen MR) is 84.4 cm³/mol. The molecule has 0 bridgehead atoms. The number of amides is 1. The second-order valence-corrected chi connectivity index (χ2v) is 5.93. The normalized spacial score (nSPS) is 21.7. The van der Waals surface area contributed by atoms with Gasteiger partial charge < -0.3 is 19.9 Å². The molecule has 0 aromatic heterocycles. The molecule has 126 valence electrons. The van der Waals surface area contributed by atoms with Gasteiger partial charge in [0.25, 0.3) is 0 Å². The van der Waals surface area contributed by atoms with Crippen molar-refractivity contribution in [3.8, 4) is 5.75 Å². The number of methoxy groups -OCH3 is 1. The smallest absolute Gasteiger partial charge is 0.332 e. The lowest BCUT2D eigenvalue weighted by molar-refractivity contribution is -0.151. The van der Waals surface area contributed by atoms with Gasteiger partial charge in [-0.2, -0.15) is 0 Å². The number of carboxylic acid groups (broad SMARTS) is 1. The Labute approximate surface area is 135 Å². The number of carbonyl (C=O) groups excluding carboxylic acids is 1. The number of hydrogen-bond donors (Lipinski definition) is 2. The Morgan fingerprint density at radius 1 is 1.30 bits per heavy atom. The Kier molecular flexibility index (Phi) is 5.98. The molecule has 0 radical (unpaired) electrons. The molecule has 0 saturated carbocycles. The van der Waals surface area contributed by atoms with Gasteiger partial charge in [-0.3, -0.25) is 4.79 Å². The zero-order chi connectivity index (χ0) is 16.8. The van der Waals surface area contributed by atoms with Gasteiger partial charge in [0.05, 0.1) is 7.11 Å². The average molecular weight is 321 g/mol. The van der Waals surface area contributed by atoms with Crippen LogP contribution in [0.5, 0.6) is 5.75 Å². The van der Waals surface area contributed by atoms with E-state index in [1.54, 1.807) is 7.11 Å². The molecule has 0 spiro atoms. The van der Waals surface area contributed by atoms with E-state index < -0.39 is 18.2 Å². The van der Waals surface area contributed by atoms with Crippen LogP contribution < -0.4 is 10.1 Å². The fourth-order valence-corrected chi connectivity index (χ4v) is 2.64. The van der Waals surface area contributed by atoms with Crippen molar-refractivity contribution >= 4 is 11.9 Å². The largest absolute Gasteiger partial charge is 0.497 e. The van der Waals surface area contributed by atoms with Crippen molar-refractivity contribution in [2.75, 3.05) is 13.7 Å². The second-order valence-electron chi connectivity index (χ2n) is 5.93. The molecular weight excluding hydrogens is 298 g/mol. The lowest BCUT2D eigenvalue weighted by Crippen LogP contribution is -2.38. The number of rotatable bonds is 7. The van der Waals surface area contributed by atoms with Crippen LogP contribution in [0.15, 0.2) is 24.3 Å². The molecule has 1 aromatic rings. The van der Waals surface area contributed by atoms with E-state index in [-0.39, 0.29) is 11.8 Å². The van der Waals surface area contributed by atoms with Gasteiger partial charge in [0.15, 0.2) is 6.10 Å². The maximum atomic E-state index is 12.0. The monoisotopic (exact) mass is 321 g/mol. The Balaban J connectivity index is 1.74. The van der Waals surface area contributed by atoms with E-state index in [9.17, 15) is 9.59 Å². The van der Waals surface area contributed by atoms with Crippen LogP contribution >= 0.6 is 0 Å². The highest BCUT2D eigenvalue weighted by Crippen LogP contribution is 2.20. The van der Waals surface area contributed by atoms with Gasteiger partial charge >= 0.3 is 5.97 Å². The summed E-state index contributed by atoms with van der Waals surface area (Å²) in [5, 5.41) is 11.7. The third kappa shape index (κ3) is 4.96. The quantitative estimate of drug-likeness (QED) is 0.797. The molecule has 1 aliphatic rings. The van der Waals surface area contributed by atoms with Gasteiger partial charge in [0, 0.05) is 6.54 Å². The number of ether oxygens (including phenoxy) is 2. The molecular formula is C17H23NO5. The molecule has 6 nitrogen and oxygen atoms in total. The lowest BCUT2D eigenvalue weighted by atomic mass is 10.0. The molecule has 23 heavy (non-hydrogen) atoms. The summed E-state index contributed by atoms with van der Waals surface area (Å²) in [6.07, 6.45) is 0.171. The van der Waals surface area contributed by atoms with Crippen LogP contribution in [0.3, 0.4) is 0 Å². The summed E-state index contributed by atoms with van der Waals surface area (Å²) in [6.45, 7) is 2.59. The van der Waals surface area contributed by atoms with Gasteiger partial charge in [-0.05, 0) is 42.9 Å². The molecule has 1 heterocycles. The number of aliphatic carboxylic acids is 1. The fourth-order valence-electron chi connectivity index (χ4n) is 2.64. The van der Waals surface area contributed by atoms with E-state index in [0.717, 1.165) is 12.2 Å². The first-order chi connectivity index (χ1) is 11.0. The van der Waals surface area contributed by atoms with E-state index in [2.05, 4.69) is 12.2 Å². The molecule has 0 aliphatic carbocycles. The SMILES string of the molecule is COc1ccc(CC(C)CNC(=O)[C@@H]2CC[C@H](C(=O)O)O2)cc1. The van der Waals surface area contributed by atoms with Crippen molar-refractivity contribution in [2.45, 2.75) is 38.4 Å². The number of nitrogens with one attached hydrogen (secondary N) is 1. The minimum absolute atomic E-state index is 0.227. The summed E-state index contributed by atoms with van der Waals surface area (Å²) in [5.41, 5.74) is 1.18. The first-order valence-electron chi connectivity index (χ1n) is 7.78. The molecule has 1 amide bonds. The molecule has 2 N–H and O–H groups in total. The highest BCUT2D eigenvalue weighted by molar-refractivity contribution is 5.82. The van der Waals surface area contributed by atoms with Crippen molar-refractivity contribution in [1.82, 2.24) is 5.32 Å². The van der Waals surface area contributed by atoms with E-state index in [1.165, 1.54) is 5.56 Å². The zero-order valence-corrected chi connectivity index (χ0v) is 13.5.